The summed E-state index contributed by atoms with van der Waals surface area (Å²) in [7, 11) is 0. The summed E-state index contributed by atoms with van der Waals surface area (Å²) in [6.45, 7) is 0.670. The van der Waals surface area contributed by atoms with Crippen LogP contribution in [0.2, 0.25) is 0 Å². The van der Waals surface area contributed by atoms with E-state index < -0.39 is 36.0 Å². The number of H-pyrrole nitrogens is 1. The lowest BCUT2D eigenvalue weighted by Gasteiger charge is -2.08. The molecule has 1 amide bonds. The molecular formula is C21H19N3O6. The Labute approximate surface area is 170 Å². The standard InChI is InChI=1S/C21H19N3O6/c1-2-18(26)22-14-9-7-13(8-10-14)17(25)12-30-19(27)11-24-21(29)16-6-4-3-5-15(16)20(28)23-24/h3-10H,2,11-12H2,1H3,(H,22,26)(H,23,28). The first-order valence-electron chi connectivity index (χ1n) is 9.19. The number of aromatic nitrogens is 2. The van der Waals surface area contributed by atoms with Crippen LogP contribution in [0.25, 0.3) is 10.8 Å². The number of ketones is 1. The lowest BCUT2D eigenvalue weighted by atomic mass is 10.1. The number of hydrogen-bond donors (Lipinski definition) is 2. The monoisotopic (exact) mass is 409 g/mol. The maximum absolute atomic E-state index is 12.4. The summed E-state index contributed by atoms with van der Waals surface area (Å²) < 4.78 is 5.79. The number of anilines is 1. The Bertz CT molecular complexity index is 1220. The number of ether oxygens (including phenoxy) is 1. The molecule has 0 aliphatic carbocycles. The van der Waals surface area contributed by atoms with E-state index in [2.05, 4.69) is 10.4 Å². The molecule has 0 saturated carbocycles. The quantitative estimate of drug-likeness (QED) is 0.449. The Hall–Kier alpha value is -4.01. The maximum Gasteiger partial charge on any atom is 0.328 e. The third-order valence-electron chi connectivity index (χ3n) is 4.35. The fraction of sp³-hybridized carbons (Fsp3) is 0.190. The molecule has 0 fully saturated rings. The zero-order chi connectivity index (χ0) is 21.7. The number of carbonyl (C=O) groups excluding carboxylic acids is 3. The summed E-state index contributed by atoms with van der Waals surface area (Å²) in [6, 6.07) is 12.4. The van der Waals surface area contributed by atoms with Crippen LogP contribution in [0.1, 0.15) is 23.7 Å². The van der Waals surface area contributed by atoms with Crippen LogP contribution in [-0.4, -0.2) is 34.0 Å². The van der Waals surface area contributed by atoms with Gasteiger partial charge < -0.3 is 10.1 Å². The number of nitrogens with one attached hydrogen (secondary N) is 2. The number of nitrogens with zero attached hydrogens (tertiary/aromatic N) is 1. The largest absolute Gasteiger partial charge is 0.456 e. The summed E-state index contributed by atoms with van der Waals surface area (Å²) in [6.07, 6.45) is 0.336. The van der Waals surface area contributed by atoms with Crippen molar-refractivity contribution in [1.82, 2.24) is 9.78 Å². The van der Waals surface area contributed by atoms with E-state index in [4.69, 9.17) is 4.74 Å². The Kier molecular flexibility index (Phi) is 6.21. The number of Topliss-reactive ketones (excluding diaryl/α,β-unsaturated/α-hetero) is 1. The Morgan fingerprint density at radius 2 is 1.67 bits per heavy atom. The van der Waals surface area contributed by atoms with E-state index in [1.165, 1.54) is 24.3 Å². The van der Waals surface area contributed by atoms with Crippen molar-refractivity contribution < 1.29 is 19.1 Å². The Balaban J connectivity index is 1.62. The summed E-state index contributed by atoms with van der Waals surface area (Å²) in [5, 5.41) is 5.39. The van der Waals surface area contributed by atoms with Crippen LogP contribution in [0.4, 0.5) is 5.69 Å². The number of aromatic amines is 1. The van der Waals surface area contributed by atoms with Gasteiger partial charge in [0, 0.05) is 17.7 Å². The molecule has 9 nitrogen and oxygen atoms in total. The molecule has 0 saturated heterocycles. The number of hydrogen-bond acceptors (Lipinski definition) is 6. The van der Waals surface area contributed by atoms with Gasteiger partial charge >= 0.3 is 5.97 Å². The number of rotatable bonds is 7. The summed E-state index contributed by atoms with van der Waals surface area (Å²) in [4.78, 5) is 60.1. The molecule has 0 aliphatic heterocycles. The molecule has 2 aromatic carbocycles. The van der Waals surface area contributed by atoms with Crippen LogP contribution in [0.3, 0.4) is 0 Å². The molecule has 2 N–H and O–H groups in total. The van der Waals surface area contributed by atoms with Crippen molar-refractivity contribution in [3.8, 4) is 0 Å². The third-order valence-corrected chi connectivity index (χ3v) is 4.35. The number of benzene rings is 2. The first-order valence-corrected chi connectivity index (χ1v) is 9.19. The molecule has 3 rings (SSSR count). The van der Waals surface area contributed by atoms with Crippen LogP contribution in [-0.2, 0) is 20.9 Å². The van der Waals surface area contributed by atoms with Crippen LogP contribution < -0.4 is 16.4 Å². The zero-order valence-corrected chi connectivity index (χ0v) is 16.1. The van der Waals surface area contributed by atoms with Gasteiger partial charge in [-0.3, -0.25) is 29.1 Å². The van der Waals surface area contributed by atoms with Crippen LogP contribution in [0.15, 0.2) is 58.1 Å². The minimum atomic E-state index is -0.844. The van der Waals surface area contributed by atoms with Gasteiger partial charge in [0.1, 0.15) is 6.54 Å². The van der Waals surface area contributed by atoms with E-state index in [0.717, 1.165) is 4.68 Å². The average Bonchev–Trinajstić information content (AvgIpc) is 2.76. The molecule has 0 bridgehead atoms. The van der Waals surface area contributed by atoms with Gasteiger partial charge in [-0.1, -0.05) is 19.1 Å². The molecule has 0 radical (unpaired) electrons. The first kappa shape index (κ1) is 20.7. The fourth-order valence-electron chi connectivity index (χ4n) is 2.75. The number of fused-ring (bicyclic) bond motifs is 1. The minimum Gasteiger partial charge on any atom is -0.456 e. The van der Waals surface area contributed by atoms with Crippen molar-refractivity contribution in [1.29, 1.82) is 0 Å². The first-order chi connectivity index (χ1) is 14.4. The third kappa shape index (κ3) is 4.69. The van der Waals surface area contributed by atoms with E-state index >= 15 is 0 Å². The topological polar surface area (TPSA) is 127 Å². The molecule has 9 heteroatoms. The van der Waals surface area contributed by atoms with Crippen molar-refractivity contribution in [2.75, 3.05) is 11.9 Å². The van der Waals surface area contributed by atoms with Gasteiger partial charge in [0.05, 0.1) is 10.8 Å². The van der Waals surface area contributed by atoms with E-state index in [9.17, 15) is 24.0 Å². The summed E-state index contributed by atoms with van der Waals surface area (Å²) >= 11 is 0. The minimum absolute atomic E-state index is 0.148. The number of esters is 1. The lowest BCUT2D eigenvalue weighted by Crippen LogP contribution is -2.33. The molecule has 0 unspecified atom stereocenters. The van der Waals surface area contributed by atoms with Crippen molar-refractivity contribution in [2.45, 2.75) is 19.9 Å². The molecule has 1 aromatic heterocycles. The van der Waals surface area contributed by atoms with Crippen molar-refractivity contribution in [3.63, 3.8) is 0 Å². The maximum atomic E-state index is 12.4. The van der Waals surface area contributed by atoms with E-state index in [1.807, 2.05) is 0 Å². The van der Waals surface area contributed by atoms with Crippen molar-refractivity contribution in [2.24, 2.45) is 0 Å². The molecule has 30 heavy (non-hydrogen) atoms. The van der Waals surface area contributed by atoms with Crippen LogP contribution >= 0.6 is 0 Å². The van der Waals surface area contributed by atoms with Crippen molar-refractivity contribution in [3.05, 3.63) is 74.8 Å². The van der Waals surface area contributed by atoms with E-state index in [1.54, 1.807) is 31.2 Å². The number of amides is 1. The SMILES string of the molecule is CCC(=O)Nc1ccc(C(=O)COC(=O)Cn2[nH]c(=O)c3ccccc3c2=O)cc1. The molecule has 3 aromatic rings. The smallest absolute Gasteiger partial charge is 0.328 e. The summed E-state index contributed by atoms with van der Waals surface area (Å²) in [5.41, 5.74) is -0.203. The second-order valence-corrected chi connectivity index (χ2v) is 6.44. The van der Waals surface area contributed by atoms with E-state index in [0.29, 0.717) is 17.7 Å². The highest BCUT2D eigenvalue weighted by Crippen LogP contribution is 2.11. The van der Waals surface area contributed by atoms with Gasteiger partial charge in [-0.2, -0.15) is 0 Å². The van der Waals surface area contributed by atoms with Gasteiger partial charge in [-0.25, -0.2) is 4.68 Å². The van der Waals surface area contributed by atoms with Gasteiger partial charge in [0.15, 0.2) is 12.4 Å². The predicted molar refractivity (Wildman–Crippen MR) is 109 cm³/mol. The average molecular weight is 409 g/mol. The molecule has 154 valence electrons. The Morgan fingerprint density at radius 3 is 2.33 bits per heavy atom. The van der Waals surface area contributed by atoms with Crippen LogP contribution in [0, 0.1) is 0 Å². The van der Waals surface area contributed by atoms with Crippen LogP contribution in [0.5, 0.6) is 0 Å². The molecule has 0 aliphatic rings. The number of carbonyl (C=O) groups is 3. The summed E-state index contributed by atoms with van der Waals surface area (Å²) in [5.74, 6) is -1.44. The van der Waals surface area contributed by atoms with Gasteiger partial charge in [-0.05, 0) is 36.4 Å². The van der Waals surface area contributed by atoms with E-state index in [-0.39, 0.29) is 16.7 Å². The second-order valence-electron chi connectivity index (χ2n) is 6.44. The molecule has 0 spiro atoms. The molecule has 1 heterocycles. The Morgan fingerprint density at radius 1 is 1.00 bits per heavy atom. The fourth-order valence-corrected chi connectivity index (χ4v) is 2.75. The van der Waals surface area contributed by atoms with Gasteiger partial charge in [0.25, 0.3) is 11.1 Å². The second kappa shape index (κ2) is 8.99. The van der Waals surface area contributed by atoms with Gasteiger partial charge in [-0.15, -0.1) is 0 Å². The normalized spacial score (nSPS) is 10.6. The highest BCUT2D eigenvalue weighted by atomic mass is 16.5. The van der Waals surface area contributed by atoms with Crippen molar-refractivity contribution >= 4 is 34.1 Å². The predicted octanol–water partition coefficient (Wildman–Crippen LogP) is 1.46. The highest BCUT2D eigenvalue weighted by Gasteiger charge is 2.14. The van der Waals surface area contributed by atoms with Gasteiger partial charge in [0.2, 0.25) is 5.91 Å². The zero-order valence-electron chi connectivity index (χ0n) is 16.1. The lowest BCUT2D eigenvalue weighted by molar-refractivity contribution is -0.143. The molecular weight excluding hydrogens is 390 g/mol. The molecule has 0 atom stereocenters. The highest BCUT2D eigenvalue weighted by molar-refractivity contribution is 5.98.